The smallest absolute Gasteiger partial charge is 0.289 e. The fraction of sp³-hybridized carbons (Fsp3) is 0.444. The number of amides is 1. The van der Waals surface area contributed by atoms with Crippen LogP contribution < -0.4 is 14.2 Å². The maximum atomic E-state index is 12.5. The number of aromatic nitrogens is 2. The number of fused-ring (bicyclic) bond motifs is 1. The van der Waals surface area contributed by atoms with Crippen molar-refractivity contribution in [2.24, 2.45) is 7.05 Å². The summed E-state index contributed by atoms with van der Waals surface area (Å²) < 4.78 is 18.9. The van der Waals surface area contributed by atoms with E-state index < -0.39 is 12.2 Å². The summed E-state index contributed by atoms with van der Waals surface area (Å²) in [6, 6.07) is 5.45. The summed E-state index contributed by atoms with van der Waals surface area (Å²) in [5, 5.41) is 10.5. The van der Waals surface area contributed by atoms with Crippen molar-refractivity contribution in [1.29, 1.82) is 0 Å². The number of benzene rings is 1. The molecule has 2 atom stereocenters. The topological polar surface area (TPSA) is 86.1 Å². The van der Waals surface area contributed by atoms with Gasteiger partial charge in [-0.2, -0.15) is 0 Å². The van der Waals surface area contributed by atoms with Crippen LogP contribution in [-0.4, -0.2) is 64.0 Å². The minimum atomic E-state index is -0.798. The van der Waals surface area contributed by atoms with Gasteiger partial charge in [-0.25, -0.2) is 4.98 Å². The lowest BCUT2D eigenvalue weighted by atomic mass is 10.0. The van der Waals surface area contributed by atoms with Crippen LogP contribution in [0.5, 0.6) is 17.2 Å². The molecule has 26 heavy (non-hydrogen) atoms. The molecule has 2 aromatic rings. The molecule has 1 fully saturated rings. The number of rotatable bonds is 3. The molecule has 138 valence electrons. The van der Waals surface area contributed by atoms with E-state index >= 15 is 0 Å². The zero-order valence-corrected chi connectivity index (χ0v) is 14.5. The number of carbonyl (C=O) groups excluding carboxylic acids is 1. The van der Waals surface area contributed by atoms with E-state index in [0.717, 1.165) is 0 Å². The first-order valence-corrected chi connectivity index (χ1v) is 8.63. The normalized spacial score (nSPS) is 22.2. The van der Waals surface area contributed by atoms with Crippen LogP contribution in [0.25, 0.3) is 0 Å². The third-order valence-electron chi connectivity index (χ3n) is 4.63. The third kappa shape index (κ3) is 3.08. The number of para-hydroxylation sites is 1. The summed E-state index contributed by atoms with van der Waals surface area (Å²) in [6.45, 7) is 1.65. The van der Waals surface area contributed by atoms with Gasteiger partial charge in [-0.15, -0.1) is 0 Å². The highest BCUT2D eigenvalue weighted by Gasteiger charge is 2.34. The van der Waals surface area contributed by atoms with Gasteiger partial charge in [-0.3, -0.25) is 4.79 Å². The van der Waals surface area contributed by atoms with Crippen molar-refractivity contribution in [1.82, 2.24) is 14.5 Å². The van der Waals surface area contributed by atoms with Crippen LogP contribution in [0.1, 0.15) is 17.0 Å². The Morgan fingerprint density at radius 1 is 1.35 bits per heavy atom. The zero-order chi connectivity index (χ0) is 18.1. The Morgan fingerprint density at radius 2 is 2.19 bits per heavy atom. The van der Waals surface area contributed by atoms with Gasteiger partial charge in [0.05, 0.1) is 6.54 Å². The predicted octanol–water partition coefficient (Wildman–Crippen LogP) is 0.846. The molecule has 1 amide bonds. The number of piperidine rings is 1. The number of aryl methyl sites for hydroxylation is 1. The van der Waals surface area contributed by atoms with E-state index in [9.17, 15) is 9.90 Å². The third-order valence-corrected chi connectivity index (χ3v) is 4.63. The maximum Gasteiger partial charge on any atom is 0.289 e. The summed E-state index contributed by atoms with van der Waals surface area (Å²) in [5.74, 6) is 1.93. The number of likely N-dealkylation sites (tertiary alicyclic amines) is 1. The fourth-order valence-electron chi connectivity index (χ4n) is 3.25. The van der Waals surface area contributed by atoms with E-state index in [1.807, 2.05) is 12.1 Å². The number of hydrogen-bond acceptors (Lipinski definition) is 6. The maximum absolute atomic E-state index is 12.5. The molecule has 0 saturated carbocycles. The Morgan fingerprint density at radius 3 is 2.96 bits per heavy atom. The monoisotopic (exact) mass is 359 g/mol. The molecule has 4 rings (SSSR count). The van der Waals surface area contributed by atoms with Crippen LogP contribution in [0.4, 0.5) is 0 Å². The molecular weight excluding hydrogens is 338 g/mol. The quantitative estimate of drug-likeness (QED) is 0.874. The van der Waals surface area contributed by atoms with Crippen molar-refractivity contribution in [3.05, 3.63) is 36.4 Å². The molecule has 3 heterocycles. The standard InChI is InChI=1S/C18H21N3O5/c1-20-8-6-19-17(20)18(23)21-7-5-13(12(22)11-21)26-15-4-2-3-14-16(15)25-10-9-24-14/h2-4,6,8,12-13,22H,5,7,9-11H2,1H3/t12-,13-/m1/s1. The lowest BCUT2D eigenvalue weighted by Gasteiger charge is -2.36. The van der Waals surface area contributed by atoms with Gasteiger partial charge in [0, 0.05) is 32.4 Å². The van der Waals surface area contributed by atoms with Gasteiger partial charge in [-0.05, 0) is 12.1 Å². The first-order chi connectivity index (χ1) is 12.6. The van der Waals surface area contributed by atoms with Gasteiger partial charge >= 0.3 is 0 Å². The molecule has 0 aliphatic carbocycles. The fourth-order valence-corrected chi connectivity index (χ4v) is 3.25. The van der Waals surface area contributed by atoms with Crippen LogP contribution in [0.15, 0.2) is 30.6 Å². The number of aliphatic hydroxyl groups is 1. The second-order valence-corrected chi connectivity index (χ2v) is 6.41. The van der Waals surface area contributed by atoms with E-state index in [1.165, 1.54) is 0 Å². The highest BCUT2D eigenvalue weighted by molar-refractivity contribution is 5.90. The lowest BCUT2D eigenvalue weighted by molar-refractivity contribution is -0.0218. The highest BCUT2D eigenvalue weighted by Crippen LogP contribution is 2.40. The summed E-state index contributed by atoms with van der Waals surface area (Å²) in [6.07, 6.45) is 2.60. The Labute approximate surface area is 150 Å². The van der Waals surface area contributed by atoms with Gasteiger partial charge in [-0.1, -0.05) is 6.07 Å². The van der Waals surface area contributed by atoms with E-state index in [2.05, 4.69) is 4.98 Å². The van der Waals surface area contributed by atoms with Gasteiger partial charge in [0.25, 0.3) is 5.91 Å². The van der Waals surface area contributed by atoms with Crippen molar-refractivity contribution < 1.29 is 24.1 Å². The van der Waals surface area contributed by atoms with Crippen LogP contribution in [0.2, 0.25) is 0 Å². The number of carbonyl (C=O) groups is 1. The van der Waals surface area contributed by atoms with Crippen LogP contribution >= 0.6 is 0 Å². The molecule has 0 spiro atoms. The lowest BCUT2D eigenvalue weighted by Crippen LogP contribution is -2.51. The van der Waals surface area contributed by atoms with Crippen molar-refractivity contribution in [2.45, 2.75) is 18.6 Å². The molecule has 2 aliphatic heterocycles. The summed E-state index contributed by atoms with van der Waals surface area (Å²) in [5.41, 5.74) is 0. The number of nitrogens with zero attached hydrogens (tertiary/aromatic N) is 3. The van der Waals surface area contributed by atoms with Gasteiger partial charge in [0.15, 0.2) is 17.3 Å². The molecule has 0 unspecified atom stereocenters. The molecule has 2 aliphatic rings. The van der Waals surface area contributed by atoms with Crippen molar-refractivity contribution in [3.8, 4) is 17.2 Å². The van der Waals surface area contributed by atoms with Gasteiger partial charge < -0.3 is 28.8 Å². The number of hydrogen-bond donors (Lipinski definition) is 1. The molecule has 0 bridgehead atoms. The van der Waals surface area contributed by atoms with Crippen molar-refractivity contribution in [2.75, 3.05) is 26.3 Å². The van der Waals surface area contributed by atoms with Crippen LogP contribution in [0.3, 0.4) is 0 Å². The molecular formula is C18H21N3O5. The molecule has 8 heteroatoms. The second kappa shape index (κ2) is 6.87. The minimum absolute atomic E-state index is 0.191. The van der Waals surface area contributed by atoms with Crippen molar-refractivity contribution >= 4 is 5.91 Å². The molecule has 1 aromatic carbocycles. The summed E-state index contributed by atoms with van der Waals surface area (Å²) in [4.78, 5) is 18.2. The second-order valence-electron chi connectivity index (χ2n) is 6.41. The van der Waals surface area contributed by atoms with Gasteiger partial charge in [0.1, 0.15) is 25.4 Å². The SMILES string of the molecule is Cn1ccnc1C(=O)N1CC[C@@H](Oc2cccc3c2OCCO3)[C@H](O)C1. The first-order valence-electron chi connectivity index (χ1n) is 8.63. The Kier molecular flexibility index (Phi) is 4.42. The molecule has 1 aromatic heterocycles. The van der Waals surface area contributed by atoms with E-state index in [0.29, 0.717) is 49.3 Å². The molecule has 0 radical (unpaired) electrons. The van der Waals surface area contributed by atoms with E-state index in [-0.39, 0.29) is 12.5 Å². The summed E-state index contributed by atoms with van der Waals surface area (Å²) in [7, 11) is 1.77. The van der Waals surface area contributed by atoms with Crippen LogP contribution in [-0.2, 0) is 7.05 Å². The largest absolute Gasteiger partial charge is 0.486 e. The van der Waals surface area contributed by atoms with E-state index in [1.54, 1.807) is 35.0 Å². The van der Waals surface area contributed by atoms with Crippen molar-refractivity contribution in [3.63, 3.8) is 0 Å². The predicted molar refractivity (Wildman–Crippen MR) is 91.6 cm³/mol. The molecule has 1 saturated heterocycles. The number of aliphatic hydroxyl groups excluding tert-OH is 1. The number of imidazole rings is 1. The Bertz CT molecular complexity index is 806. The van der Waals surface area contributed by atoms with Crippen LogP contribution in [0, 0.1) is 0 Å². The number of ether oxygens (including phenoxy) is 3. The molecule has 1 N–H and O–H groups in total. The molecule has 8 nitrogen and oxygen atoms in total. The Balaban J connectivity index is 1.44. The average molecular weight is 359 g/mol. The van der Waals surface area contributed by atoms with Gasteiger partial charge in [0.2, 0.25) is 5.75 Å². The number of β-amino-alcohol motifs (C(OH)–C–C–N with tert-alkyl or cyclic N) is 1. The van der Waals surface area contributed by atoms with E-state index in [4.69, 9.17) is 14.2 Å². The average Bonchev–Trinajstić information content (AvgIpc) is 3.09. The summed E-state index contributed by atoms with van der Waals surface area (Å²) >= 11 is 0. The Hall–Kier alpha value is -2.74. The minimum Gasteiger partial charge on any atom is -0.486 e. The highest BCUT2D eigenvalue weighted by atomic mass is 16.6. The first kappa shape index (κ1) is 16.7. The zero-order valence-electron chi connectivity index (χ0n) is 14.5.